The van der Waals surface area contributed by atoms with E-state index < -0.39 is 5.82 Å². The monoisotopic (exact) mass is 297 g/mol. The molecule has 2 N–H and O–H groups in total. The molecule has 5 heteroatoms. The highest BCUT2D eigenvalue weighted by atomic mass is 19.1. The lowest BCUT2D eigenvalue weighted by molar-refractivity contribution is 0.0993. The SMILES string of the molecule is CCN1CCC(N(C)C(CN)c2cc(F)ccc2F)CC1. The molecule has 0 amide bonds. The van der Waals surface area contributed by atoms with E-state index in [0.717, 1.165) is 38.5 Å². The molecule has 0 saturated carbocycles. The van der Waals surface area contributed by atoms with Crippen LogP contribution in [0, 0.1) is 11.6 Å². The van der Waals surface area contributed by atoms with Crippen molar-refractivity contribution in [3.05, 3.63) is 35.4 Å². The minimum absolute atomic E-state index is 0.279. The molecule has 1 atom stereocenters. The van der Waals surface area contributed by atoms with Crippen LogP contribution in [-0.2, 0) is 0 Å². The van der Waals surface area contributed by atoms with E-state index in [1.165, 1.54) is 12.1 Å². The minimum atomic E-state index is -0.418. The maximum Gasteiger partial charge on any atom is 0.128 e. The molecule has 0 radical (unpaired) electrons. The van der Waals surface area contributed by atoms with Crippen molar-refractivity contribution in [1.29, 1.82) is 0 Å². The van der Waals surface area contributed by atoms with Gasteiger partial charge in [-0.2, -0.15) is 0 Å². The molecule has 2 rings (SSSR count). The molecular weight excluding hydrogens is 272 g/mol. The van der Waals surface area contributed by atoms with Crippen LogP contribution >= 0.6 is 0 Å². The summed E-state index contributed by atoms with van der Waals surface area (Å²) in [6.45, 7) is 5.61. The molecule has 0 aromatic heterocycles. The number of halogens is 2. The van der Waals surface area contributed by atoms with Crippen molar-refractivity contribution < 1.29 is 8.78 Å². The van der Waals surface area contributed by atoms with Gasteiger partial charge >= 0.3 is 0 Å². The van der Waals surface area contributed by atoms with Crippen LogP contribution in [0.5, 0.6) is 0 Å². The second-order valence-corrected chi connectivity index (χ2v) is 5.75. The highest BCUT2D eigenvalue weighted by Crippen LogP contribution is 2.27. The lowest BCUT2D eigenvalue weighted by Crippen LogP contribution is -2.46. The highest BCUT2D eigenvalue weighted by Gasteiger charge is 2.28. The van der Waals surface area contributed by atoms with Crippen LogP contribution in [0.4, 0.5) is 8.78 Å². The Morgan fingerprint density at radius 2 is 2.00 bits per heavy atom. The van der Waals surface area contributed by atoms with Crippen molar-refractivity contribution in [2.24, 2.45) is 5.73 Å². The number of hydrogen-bond donors (Lipinski definition) is 1. The van der Waals surface area contributed by atoms with Gasteiger partial charge in [-0.05, 0) is 57.7 Å². The first kappa shape index (κ1) is 16.3. The van der Waals surface area contributed by atoms with E-state index in [1.807, 2.05) is 7.05 Å². The van der Waals surface area contributed by atoms with Gasteiger partial charge in [0.25, 0.3) is 0 Å². The van der Waals surface area contributed by atoms with Crippen LogP contribution in [0.15, 0.2) is 18.2 Å². The first-order chi connectivity index (χ1) is 10.1. The number of rotatable bonds is 5. The zero-order chi connectivity index (χ0) is 15.4. The summed E-state index contributed by atoms with van der Waals surface area (Å²) < 4.78 is 27.4. The number of likely N-dealkylation sites (tertiary alicyclic amines) is 1. The molecule has 1 unspecified atom stereocenters. The first-order valence-electron chi connectivity index (χ1n) is 7.66. The molecule has 1 aromatic rings. The van der Waals surface area contributed by atoms with Crippen molar-refractivity contribution in [2.45, 2.75) is 31.8 Å². The number of nitrogens with zero attached hydrogens (tertiary/aromatic N) is 2. The molecule has 21 heavy (non-hydrogen) atoms. The summed E-state index contributed by atoms with van der Waals surface area (Å²) in [7, 11) is 1.97. The van der Waals surface area contributed by atoms with E-state index >= 15 is 0 Å². The van der Waals surface area contributed by atoms with E-state index in [2.05, 4.69) is 16.7 Å². The predicted molar refractivity (Wildman–Crippen MR) is 81.1 cm³/mol. The van der Waals surface area contributed by atoms with Gasteiger partial charge in [0.1, 0.15) is 11.6 Å². The number of hydrogen-bond acceptors (Lipinski definition) is 3. The quantitative estimate of drug-likeness (QED) is 0.906. The van der Waals surface area contributed by atoms with E-state index in [4.69, 9.17) is 5.73 Å². The first-order valence-corrected chi connectivity index (χ1v) is 7.66. The Kier molecular flexibility index (Phi) is 5.67. The molecule has 1 aliphatic heterocycles. The zero-order valence-corrected chi connectivity index (χ0v) is 12.9. The van der Waals surface area contributed by atoms with E-state index in [-0.39, 0.29) is 18.4 Å². The maximum absolute atomic E-state index is 14.0. The van der Waals surface area contributed by atoms with Crippen molar-refractivity contribution in [2.75, 3.05) is 33.2 Å². The number of nitrogens with two attached hydrogens (primary N) is 1. The van der Waals surface area contributed by atoms with Gasteiger partial charge in [-0.3, -0.25) is 4.90 Å². The van der Waals surface area contributed by atoms with E-state index in [0.29, 0.717) is 11.6 Å². The fraction of sp³-hybridized carbons (Fsp3) is 0.625. The second-order valence-electron chi connectivity index (χ2n) is 5.75. The van der Waals surface area contributed by atoms with Gasteiger partial charge in [-0.15, -0.1) is 0 Å². The summed E-state index contributed by atoms with van der Waals surface area (Å²) in [6.07, 6.45) is 2.08. The third kappa shape index (κ3) is 3.78. The van der Waals surface area contributed by atoms with Crippen LogP contribution < -0.4 is 5.73 Å². The van der Waals surface area contributed by atoms with Gasteiger partial charge < -0.3 is 10.6 Å². The van der Waals surface area contributed by atoms with Crippen molar-refractivity contribution in [1.82, 2.24) is 9.80 Å². The zero-order valence-electron chi connectivity index (χ0n) is 12.9. The second kappa shape index (κ2) is 7.29. The molecule has 0 spiro atoms. The third-order valence-corrected chi connectivity index (χ3v) is 4.61. The summed E-state index contributed by atoms with van der Waals surface area (Å²) in [5.74, 6) is -0.802. The van der Waals surface area contributed by atoms with Gasteiger partial charge in [0.15, 0.2) is 0 Å². The van der Waals surface area contributed by atoms with Crippen molar-refractivity contribution in [3.8, 4) is 0 Å². The van der Waals surface area contributed by atoms with Gasteiger partial charge in [-0.25, -0.2) is 8.78 Å². The largest absolute Gasteiger partial charge is 0.329 e. The Balaban J connectivity index is 2.11. The van der Waals surface area contributed by atoms with Gasteiger partial charge in [-0.1, -0.05) is 6.92 Å². The average Bonchev–Trinajstić information content (AvgIpc) is 2.51. The molecule has 1 aliphatic rings. The van der Waals surface area contributed by atoms with Crippen LogP contribution in [0.25, 0.3) is 0 Å². The average molecular weight is 297 g/mol. The molecule has 1 aromatic carbocycles. The summed E-state index contributed by atoms with van der Waals surface area (Å²) in [5, 5.41) is 0. The summed E-state index contributed by atoms with van der Waals surface area (Å²) in [5.41, 5.74) is 6.20. The van der Waals surface area contributed by atoms with Crippen LogP contribution in [0.3, 0.4) is 0 Å². The molecule has 0 bridgehead atoms. The standard InChI is InChI=1S/C16H25F2N3/c1-3-21-8-6-13(7-9-21)20(2)16(11-19)14-10-12(17)4-5-15(14)18/h4-5,10,13,16H,3,6-9,11,19H2,1-2H3. The Labute approximate surface area is 125 Å². The van der Waals surface area contributed by atoms with E-state index in [1.54, 1.807) is 0 Å². The minimum Gasteiger partial charge on any atom is -0.329 e. The predicted octanol–water partition coefficient (Wildman–Crippen LogP) is 2.38. The molecule has 3 nitrogen and oxygen atoms in total. The fourth-order valence-corrected chi connectivity index (χ4v) is 3.18. The number of likely N-dealkylation sites (N-methyl/N-ethyl adjacent to an activating group) is 1. The smallest absolute Gasteiger partial charge is 0.128 e. The Morgan fingerprint density at radius 1 is 1.33 bits per heavy atom. The Morgan fingerprint density at radius 3 is 2.57 bits per heavy atom. The molecule has 1 fully saturated rings. The number of piperidine rings is 1. The number of benzene rings is 1. The van der Waals surface area contributed by atoms with Crippen molar-refractivity contribution in [3.63, 3.8) is 0 Å². The highest BCUT2D eigenvalue weighted by molar-refractivity contribution is 5.23. The van der Waals surface area contributed by atoms with Gasteiger partial charge in [0.05, 0.1) is 0 Å². The van der Waals surface area contributed by atoms with Crippen molar-refractivity contribution >= 4 is 0 Å². The lowest BCUT2D eigenvalue weighted by Gasteiger charge is -2.40. The summed E-state index contributed by atoms with van der Waals surface area (Å²) in [6, 6.07) is 3.68. The molecule has 1 heterocycles. The topological polar surface area (TPSA) is 32.5 Å². The van der Waals surface area contributed by atoms with Gasteiger partial charge in [0.2, 0.25) is 0 Å². The van der Waals surface area contributed by atoms with Crippen LogP contribution in [-0.4, -0.2) is 49.1 Å². The summed E-state index contributed by atoms with van der Waals surface area (Å²) in [4.78, 5) is 4.52. The Hall–Kier alpha value is -1.04. The van der Waals surface area contributed by atoms with Crippen LogP contribution in [0.1, 0.15) is 31.4 Å². The molecule has 118 valence electrons. The van der Waals surface area contributed by atoms with Crippen LogP contribution in [0.2, 0.25) is 0 Å². The normalized spacial score (nSPS) is 19.1. The molecular formula is C16H25F2N3. The lowest BCUT2D eigenvalue weighted by atomic mass is 9.98. The Bertz CT molecular complexity index is 459. The van der Waals surface area contributed by atoms with Gasteiger partial charge in [0, 0.05) is 24.2 Å². The molecule has 0 aliphatic carbocycles. The summed E-state index contributed by atoms with van der Waals surface area (Å²) >= 11 is 0. The maximum atomic E-state index is 14.0. The molecule has 1 saturated heterocycles. The van der Waals surface area contributed by atoms with E-state index in [9.17, 15) is 8.78 Å². The third-order valence-electron chi connectivity index (χ3n) is 4.61. The fourth-order valence-electron chi connectivity index (χ4n) is 3.18.